The second-order valence-corrected chi connectivity index (χ2v) is 6.73. The van der Waals surface area contributed by atoms with Crippen LogP contribution in [0.3, 0.4) is 0 Å². The van der Waals surface area contributed by atoms with Crippen LogP contribution in [0.2, 0.25) is 0 Å². The van der Waals surface area contributed by atoms with Gasteiger partial charge in [0, 0.05) is 24.1 Å². The molecule has 3 N–H and O–H groups in total. The Morgan fingerprint density at radius 2 is 1.83 bits per heavy atom. The predicted molar refractivity (Wildman–Crippen MR) is 104 cm³/mol. The van der Waals surface area contributed by atoms with Crippen molar-refractivity contribution >= 4 is 24.0 Å². The topological polar surface area (TPSA) is 55.1 Å². The smallest absolute Gasteiger partial charge is 0.220 e. The van der Waals surface area contributed by atoms with E-state index in [2.05, 4.69) is 50.4 Å². The first kappa shape index (κ1) is 20.0. The Kier molecular flexibility index (Phi) is 7.30. The molecule has 0 aromatic heterocycles. The first-order valence-corrected chi connectivity index (χ1v) is 8.06. The normalized spacial score (nSPS) is 10.8. The number of benzene rings is 2. The second kappa shape index (κ2) is 8.74. The molecule has 0 aliphatic rings. The molecule has 1 amide bonds. The van der Waals surface area contributed by atoms with Gasteiger partial charge in [0.05, 0.1) is 0 Å². The maximum absolute atomic E-state index is 12.1. The fourth-order valence-electron chi connectivity index (χ4n) is 2.59. The van der Waals surface area contributed by atoms with Gasteiger partial charge in [0.25, 0.3) is 0 Å². The molecule has 3 nitrogen and oxygen atoms in total. The number of amides is 1. The van der Waals surface area contributed by atoms with Crippen molar-refractivity contribution in [3.8, 4) is 0 Å². The summed E-state index contributed by atoms with van der Waals surface area (Å²) in [6.45, 7) is 7.01. The zero-order chi connectivity index (χ0) is 16.9. The highest BCUT2D eigenvalue weighted by atomic mass is 35.5. The number of nitrogens with two attached hydrogens (primary N) is 1. The van der Waals surface area contributed by atoms with Crippen LogP contribution in [-0.2, 0) is 16.6 Å². The lowest BCUT2D eigenvalue weighted by Gasteiger charge is -2.26. The molecular formula is C20H27ClN2O. The van der Waals surface area contributed by atoms with Crippen LogP contribution < -0.4 is 11.1 Å². The zero-order valence-electron chi connectivity index (χ0n) is 14.6. The molecule has 2 aromatic rings. The standard InChI is InChI=1S/C20H26N2O.ClH/c1-15-7-6-9-17(13-15)20(2,3)14-22-19(23)12-11-16-8-4-5-10-18(16)21;/h4-10,13H,11-12,14,21H2,1-3H3,(H,22,23);1H. The molecule has 0 fully saturated rings. The Morgan fingerprint density at radius 1 is 1.12 bits per heavy atom. The van der Waals surface area contributed by atoms with E-state index in [-0.39, 0.29) is 23.7 Å². The molecule has 0 spiro atoms. The van der Waals surface area contributed by atoms with Crippen LogP contribution in [0.15, 0.2) is 48.5 Å². The van der Waals surface area contributed by atoms with Crippen molar-refractivity contribution in [2.45, 2.75) is 39.0 Å². The van der Waals surface area contributed by atoms with Gasteiger partial charge < -0.3 is 11.1 Å². The maximum Gasteiger partial charge on any atom is 0.220 e. The summed E-state index contributed by atoms with van der Waals surface area (Å²) in [4.78, 5) is 12.1. The fraction of sp³-hybridized carbons (Fsp3) is 0.350. The van der Waals surface area contributed by atoms with E-state index in [9.17, 15) is 4.79 Å². The number of anilines is 1. The molecule has 2 aromatic carbocycles. The summed E-state index contributed by atoms with van der Waals surface area (Å²) in [6, 6.07) is 16.1. The van der Waals surface area contributed by atoms with Gasteiger partial charge in [0.1, 0.15) is 0 Å². The minimum Gasteiger partial charge on any atom is -0.399 e. The summed E-state index contributed by atoms with van der Waals surface area (Å²) in [5.41, 5.74) is 10.1. The molecule has 130 valence electrons. The lowest BCUT2D eigenvalue weighted by molar-refractivity contribution is -0.121. The van der Waals surface area contributed by atoms with Crippen LogP contribution in [0.25, 0.3) is 0 Å². The van der Waals surface area contributed by atoms with Crippen LogP contribution in [-0.4, -0.2) is 12.5 Å². The van der Waals surface area contributed by atoms with Gasteiger partial charge in [-0.2, -0.15) is 0 Å². The van der Waals surface area contributed by atoms with Gasteiger partial charge in [0.2, 0.25) is 5.91 Å². The van der Waals surface area contributed by atoms with Crippen LogP contribution in [0.4, 0.5) is 5.69 Å². The Morgan fingerprint density at radius 3 is 2.50 bits per heavy atom. The predicted octanol–water partition coefficient (Wildman–Crippen LogP) is 4.03. The zero-order valence-corrected chi connectivity index (χ0v) is 15.5. The quantitative estimate of drug-likeness (QED) is 0.776. The minimum atomic E-state index is -0.0898. The Bertz CT molecular complexity index is 683. The lowest BCUT2D eigenvalue weighted by atomic mass is 9.84. The van der Waals surface area contributed by atoms with Crippen molar-refractivity contribution < 1.29 is 4.79 Å². The van der Waals surface area contributed by atoms with E-state index in [1.54, 1.807) is 0 Å². The SMILES string of the molecule is Cc1cccc(C(C)(C)CNC(=O)CCc2ccccc2N)c1.Cl. The summed E-state index contributed by atoms with van der Waals surface area (Å²) in [7, 11) is 0. The van der Waals surface area contributed by atoms with Gasteiger partial charge in [-0.15, -0.1) is 12.4 Å². The number of carbonyl (C=O) groups is 1. The summed E-state index contributed by atoms with van der Waals surface area (Å²) in [6.07, 6.45) is 1.13. The van der Waals surface area contributed by atoms with E-state index in [1.165, 1.54) is 11.1 Å². The monoisotopic (exact) mass is 346 g/mol. The average Bonchev–Trinajstić information content (AvgIpc) is 2.52. The van der Waals surface area contributed by atoms with E-state index < -0.39 is 0 Å². The number of hydrogen-bond acceptors (Lipinski definition) is 2. The molecule has 0 saturated carbocycles. The van der Waals surface area contributed by atoms with Crippen LogP contribution in [0.1, 0.15) is 37.0 Å². The summed E-state index contributed by atoms with van der Waals surface area (Å²) in [5, 5.41) is 3.05. The molecule has 0 radical (unpaired) electrons. The van der Waals surface area contributed by atoms with Crippen molar-refractivity contribution in [3.63, 3.8) is 0 Å². The lowest BCUT2D eigenvalue weighted by Crippen LogP contribution is -2.36. The van der Waals surface area contributed by atoms with Crippen molar-refractivity contribution in [3.05, 3.63) is 65.2 Å². The van der Waals surface area contributed by atoms with Gasteiger partial charge >= 0.3 is 0 Å². The summed E-state index contributed by atoms with van der Waals surface area (Å²) >= 11 is 0. The molecule has 0 aliphatic heterocycles. The van der Waals surface area contributed by atoms with E-state index in [4.69, 9.17) is 5.73 Å². The van der Waals surface area contributed by atoms with Gasteiger partial charge in [-0.1, -0.05) is 61.9 Å². The molecule has 0 saturated heterocycles. The third kappa shape index (κ3) is 5.57. The number of rotatable bonds is 6. The van der Waals surface area contributed by atoms with Gasteiger partial charge in [-0.05, 0) is 30.5 Å². The highest BCUT2D eigenvalue weighted by Crippen LogP contribution is 2.23. The van der Waals surface area contributed by atoms with Crippen LogP contribution >= 0.6 is 12.4 Å². The van der Waals surface area contributed by atoms with Gasteiger partial charge in [-0.25, -0.2) is 0 Å². The first-order valence-electron chi connectivity index (χ1n) is 8.06. The molecule has 0 atom stereocenters. The Labute approximate surface area is 151 Å². The Balaban J connectivity index is 0.00000288. The van der Waals surface area contributed by atoms with Crippen molar-refractivity contribution in [1.29, 1.82) is 0 Å². The molecule has 2 rings (SSSR count). The molecule has 24 heavy (non-hydrogen) atoms. The van der Waals surface area contributed by atoms with Crippen molar-refractivity contribution in [2.75, 3.05) is 12.3 Å². The number of aryl methyl sites for hydroxylation is 2. The van der Waals surface area contributed by atoms with E-state index in [0.29, 0.717) is 19.4 Å². The molecular weight excluding hydrogens is 320 g/mol. The van der Waals surface area contributed by atoms with Gasteiger partial charge in [-0.3, -0.25) is 4.79 Å². The molecule has 0 heterocycles. The number of nitrogens with one attached hydrogen (secondary N) is 1. The van der Waals surface area contributed by atoms with E-state index in [1.807, 2.05) is 24.3 Å². The van der Waals surface area contributed by atoms with Gasteiger partial charge in [0.15, 0.2) is 0 Å². The molecule has 0 aliphatic carbocycles. The number of hydrogen-bond donors (Lipinski definition) is 2. The molecule has 4 heteroatoms. The molecule has 0 bridgehead atoms. The third-order valence-corrected chi connectivity index (χ3v) is 4.20. The molecule has 0 unspecified atom stereocenters. The fourth-order valence-corrected chi connectivity index (χ4v) is 2.59. The third-order valence-electron chi connectivity index (χ3n) is 4.20. The first-order chi connectivity index (χ1) is 10.9. The number of para-hydroxylation sites is 1. The number of halogens is 1. The highest BCUT2D eigenvalue weighted by Gasteiger charge is 2.21. The van der Waals surface area contributed by atoms with E-state index in [0.717, 1.165) is 11.3 Å². The summed E-state index contributed by atoms with van der Waals surface area (Å²) < 4.78 is 0. The summed E-state index contributed by atoms with van der Waals surface area (Å²) in [5.74, 6) is 0.0639. The highest BCUT2D eigenvalue weighted by molar-refractivity contribution is 5.85. The van der Waals surface area contributed by atoms with Crippen molar-refractivity contribution in [1.82, 2.24) is 5.32 Å². The van der Waals surface area contributed by atoms with Crippen LogP contribution in [0.5, 0.6) is 0 Å². The largest absolute Gasteiger partial charge is 0.399 e. The minimum absolute atomic E-state index is 0. The Hall–Kier alpha value is -2.00. The number of nitrogen functional groups attached to an aromatic ring is 1. The van der Waals surface area contributed by atoms with Crippen LogP contribution in [0, 0.1) is 6.92 Å². The van der Waals surface area contributed by atoms with E-state index >= 15 is 0 Å². The maximum atomic E-state index is 12.1. The number of carbonyl (C=O) groups excluding carboxylic acids is 1. The second-order valence-electron chi connectivity index (χ2n) is 6.73. The average molecular weight is 347 g/mol. The van der Waals surface area contributed by atoms with Crippen molar-refractivity contribution in [2.24, 2.45) is 0 Å².